The summed E-state index contributed by atoms with van der Waals surface area (Å²) in [5, 5.41) is 48.2. The van der Waals surface area contributed by atoms with E-state index in [1.807, 2.05) is 36.4 Å². The Labute approximate surface area is 148 Å². The summed E-state index contributed by atoms with van der Waals surface area (Å²) < 4.78 is 6.71. The summed E-state index contributed by atoms with van der Waals surface area (Å²) in [5.74, 6) is 0. The molecule has 0 aliphatic carbocycles. The number of hydrogen-bond acceptors (Lipinski definition) is 8. The first kappa shape index (κ1) is 17.0. The molecule has 4 N–H and O–H groups in total. The van der Waals surface area contributed by atoms with E-state index in [2.05, 4.69) is 15.3 Å². The molecule has 0 amide bonds. The van der Waals surface area contributed by atoms with E-state index >= 15 is 0 Å². The van der Waals surface area contributed by atoms with Gasteiger partial charge in [-0.15, -0.1) is 5.10 Å². The second kappa shape index (κ2) is 6.71. The number of aliphatic hydroxyl groups is 4. The van der Waals surface area contributed by atoms with Crippen molar-refractivity contribution in [2.24, 2.45) is 0 Å². The number of para-hydroxylation sites is 1. The van der Waals surface area contributed by atoms with E-state index in [9.17, 15) is 20.4 Å². The van der Waals surface area contributed by atoms with Gasteiger partial charge >= 0.3 is 0 Å². The molecular formula is C17H18N4O5. The average molecular weight is 358 g/mol. The fourth-order valence-electron chi connectivity index (χ4n) is 3.03. The van der Waals surface area contributed by atoms with Crippen LogP contribution in [0.2, 0.25) is 0 Å². The summed E-state index contributed by atoms with van der Waals surface area (Å²) in [6, 6.07) is 11.4. The number of ether oxygens (including phenoxy) is 1. The van der Waals surface area contributed by atoms with Gasteiger partial charge in [0.1, 0.15) is 30.1 Å². The highest BCUT2D eigenvalue weighted by molar-refractivity contribution is 5.80. The second-order valence-electron chi connectivity index (χ2n) is 6.19. The molecule has 4 rings (SSSR count). The molecule has 0 spiro atoms. The summed E-state index contributed by atoms with van der Waals surface area (Å²) in [5.41, 5.74) is 1.87. The predicted octanol–water partition coefficient (Wildman–Crippen LogP) is -0.534. The summed E-state index contributed by atoms with van der Waals surface area (Å²) in [7, 11) is 0. The van der Waals surface area contributed by atoms with Crippen molar-refractivity contribution in [1.82, 2.24) is 20.0 Å². The maximum Gasteiger partial charge on any atom is 0.180 e. The van der Waals surface area contributed by atoms with Crippen LogP contribution in [0.3, 0.4) is 0 Å². The quantitative estimate of drug-likeness (QED) is 0.491. The lowest BCUT2D eigenvalue weighted by Crippen LogP contribution is -2.56. The molecule has 5 atom stereocenters. The van der Waals surface area contributed by atoms with Gasteiger partial charge in [-0.3, -0.25) is 0 Å². The van der Waals surface area contributed by atoms with Gasteiger partial charge in [-0.05, 0) is 12.1 Å². The Bertz CT molecular complexity index is 915. The van der Waals surface area contributed by atoms with Crippen molar-refractivity contribution in [2.75, 3.05) is 6.61 Å². The molecule has 26 heavy (non-hydrogen) atoms. The highest BCUT2D eigenvalue weighted by atomic mass is 16.6. The van der Waals surface area contributed by atoms with Crippen LogP contribution in [0.4, 0.5) is 0 Å². The highest BCUT2D eigenvalue weighted by Gasteiger charge is 2.44. The van der Waals surface area contributed by atoms with Gasteiger partial charge in [0.25, 0.3) is 0 Å². The van der Waals surface area contributed by atoms with E-state index in [4.69, 9.17) is 4.74 Å². The zero-order chi connectivity index (χ0) is 18.3. The van der Waals surface area contributed by atoms with Crippen molar-refractivity contribution in [1.29, 1.82) is 0 Å². The summed E-state index contributed by atoms with van der Waals surface area (Å²) in [4.78, 5) is 4.53. The van der Waals surface area contributed by atoms with E-state index in [-0.39, 0.29) is 0 Å². The molecule has 1 aromatic carbocycles. The number of nitrogens with zero attached hydrogens (tertiary/aromatic N) is 4. The van der Waals surface area contributed by atoms with E-state index in [0.29, 0.717) is 11.4 Å². The number of rotatable bonds is 3. The summed E-state index contributed by atoms with van der Waals surface area (Å²) in [6.07, 6.45) is -4.89. The van der Waals surface area contributed by atoms with Crippen molar-refractivity contribution < 1.29 is 25.2 Å². The van der Waals surface area contributed by atoms with Crippen LogP contribution in [-0.4, -0.2) is 71.4 Å². The van der Waals surface area contributed by atoms with Crippen LogP contribution >= 0.6 is 0 Å². The van der Waals surface area contributed by atoms with E-state index < -0.39 is 37.3 Å². The maximum atomic E-state index is 10.2. The van der Waals surface area contributed by atoms with Crippen molar-refractivity contribution in [3.8, 4) is 11.4 Å². The number of aromatic nitrogens is 4. The monoisotopic (exact) mass is 358 g/mol. The molecular weight excluding hydrogens is 340 g/mol. The summed E-state index contributed by atoms with van der Waals surface area (Å²) >= 11 is 0. The number of fused-ring (bicyclic) bond motifs is 1. The molecule has 9 heteroatoms. The zero-order valence-electron chi connectivity index (χ0n) is 13.6. The maximum absolute atomic E-state index is 10.2. The first-order valence-corrected chi connectivity index (χ1v) is 8.17. The van der Waals surface area contributed by atoms with Crippen molar-refractivity contribution in [2.45, 2.75) is 30.6 Å². The smallest absolute Gasteiger partial charge is 0.180 e. The molecule has 1 aliphatic heterocycles. The minimum Gasteiger partial charge on any atom is -0.394 e. The Morgan fingerprint density at radius 1 is 0.962 bits per heavy atom. The third kappa shape index (κ3) is 2.85. The lowest BCUT2D eigenvalue weighted by atomic mass is 9.98. The zero-order valence-corrected chi connectivity index (χ0v) is 13.6. The second-order valence-corrected chi connectivity index (χ2v) is 6.19. The van der Waals surface area contributed by atoms with Gasteiger partial charge in [-0.1, -0.05) is 29.5 Å². The third-order valence-electron chi connectivity index (χ3n) is 4.50. The fraction of sp³-hybridized carbons (Fsp3) is 0.353. The van der Waals surface area contributed by atoms with Gasteiger partial charge in [0.05, 0.1) is 24.0 Å². The van der Waals surface area contributed by atoms with Crippen LogP contribution in [0.1, 0.15) is 6.23 Å². The van der Waals surface area contributed by atoms with Gasteiger partial charge in [0, 0.05) is 5.39 Å². The molecule has 0 saturated carbocycles. The Morgan fingerprint density at radius 3 is 2.58 bits per heavy atom. The lowest BCUT2D eigenvalue weighted by molar-refractivity contribution is -0.254. The standard InChI is InChI=1S/C17H18N4O5/c22-8-13-14(23)15(24)16(25)17(26-13)21-7-12(19-20-21)11-6-5-9-3-1-2-4-10(9)18-11/h1-7,13-17,22-25H,8H2/t13?,14-,15+,16?,17-/m1/s1. The molecule has 9 nitrogen and oxygen atoms in total. The number of aliphatic hydroxyl groups excluding tert-OH is 4. The molecule has 2 aromatic heterocycles. The van der Waals surface area contributed by atoms with Crippen molar-refractivity contribution in [3.05, 3.63) is 42.6 Å². The van der Waals surface area contributed by atoms with Crippen LogP contribution in [0, 0.1) is 0 Å². The molecule has 1 fully saturated rings. The molecule has 0 bridgehead atoms. The molecule has 3 aromatic rings. The van der Waals surface area contributed by atoms with Crippen LogP contribution in [0.25, 0.3) is 22.3 Å². The normalized spacial score (nSPS) is 29.2. The van der Waals surface area contributed by atoms with Gasteiger partial charge < -0.3 is 25.2 Å². The van der Waals surface area contributed by atoms with Crippen LogP contribution in [-0.2, 0) is 4.74 Å². The molecule has 1 saturated heterocycles. The van der Waals surface area contributed by atoms with Crippen LogP contribution in [0.5, 0.6) is 0 Å². The Hall–Kier alpha value is -2.43. The largest absolute Gasteiger partial charge is 0.394 e. The minimum atomic E-state index is -1.47. The lowest BCUT2D eigenvalue weighted by Gasteiger charge is -2.39. The Morgan fingerprint density at radius 2 is 1.77 bits per heavy atom. The number of hydrogen-bond donors (Lipinski definition) is 4. The molecule has 2 unspecified atom stereocenters. The van der Waals surface area contributed by atoms with E-state index in [1.54, 1.807) is 0 Å². The van der Waals surface area contributed by atoms with Gasteiger partial charge in [-0.2, -0.15) is 0 Å². The van der Waals surface area contributed by atoms with Crippen molar-refractivity contribution in [3.63, 3.8) is 0 Å². The van der Waals surface area contributed by atoms with Gasteiger partial charge in [0.2, 0.25) is 0 Å². The highest BCUT2D eigenvalue weighted by Crippen LogP contribution is 2.29. The SMILES string of the molecule is OCC1O[C@@H](n2cc(-c3ccc4ccccc4n3)nn2)C(O)[C@@H](O)[C@@H]1O. The number of benzene rings is 1. The van der Waals surface area contributed by atoms with Crippen LogP contribution in [0.15, 0.2) is 42.6 Å². The summed E-state index contributed by atoms with van der Waals surface area (Å²) in [6.45, 7) is -0.505. The Kier molecular flexibility index (Phi) is 4.39. The average Bonchev–Trinajstić information content (AvgIpc) is 3.16. The number of pyridine rings is 1. The van der Waals surface area contributed by atoms with Crippen LogP contribution < -0.4 is 0 Å². The topological polar surface area (TPSA) is 134 Å². The molecule has 1 aliphatic rings. The molecule has 0 radical (unpaired) electrons. The molecule has 136 valence electrons. The van der Waals surface area contributed by atoms with E-state index in [1.165, 1.54) is 10.9 Å². The first-order chi connectivity index (χ1) is 12.6. The van der Waals surface area contributed by atoms with Crippen molar-refractivity contribution >= 4 is 10.9 Å². The van der Waals surface area contributed by atoms with Gasteiger partial charge in [-0.25, -0.2) is 9.67 Å². The van der Waals surface area contributed by atoms with E-state index in [0.717, 1.165) is 10.9 Å². The Balaban J connectivity index is 1.64. The minimum absolute atomic E-state index is 0.465. The molecule has 3 heterocycles. The third-order valence-corrected chi connectivity index (χ3v) is 4.50. The first-order valence-electron chi connectivity index (χ1n) is 8.17. The van der Waals surface area contributed by atoms with Gasteiger partial charge in [0.15, 0.2) is 6.23 Å². The predicted molar refractivity (Wildman–Crippen MR) is 89.8 cm³/mol. The fourth-order valence-corrected chi connectivity index (χ4v) is 3.03.